The highest BCUT2D eigenvalue weighted by atomic mass is 16.2. The van der Waals surface area contributed by atoms with Gasteiger partial charge in [0, 0.05) is 50.1 Å². The second kappa shape index (κ2) is 6.70. The molecule has 0 fully saturated rings. The molecule has 7 rings (SSSR count). The van der Waals surface area contributed by atoms with Crippen molar-refractivity contribution in [3.8, 4) is 0 Å². The summed E-state index contributed by atoms with van der Waals surface area (Å²) in [7, 11) is 0. The molecular weight excluding hydrogens is 448 g/mol. The normalized spacial score (nSPS) is 14.3. The van der Waals surface area contributed by atoms with Gasteiger partial charge in [-0.25, -0.2) is 0 Å². The van der Waals surface area contributed by atoms with Crippen LogP contribution in [0.25, 0.3) is 60.4 Å². The zero-order chi connectivity index (χ0) is 25.2. The summed E-state index contributed by atoms with van der Waals surface area (Å²) in [4.78, 5) is 41.6. The van der Waals surface area contributed by atoms with Crippen LogP contribution in [0.3, 0.4) is 0 Å². The number of amides is 2. The van der Waals surface area contributed by atoms with E-state index in [4.69, 9.17) is 0 Å². The Hall–Kier alpha value is -4.25. The van der Waals surface area contributed by atoms with Crippen LogP contribution in [0, 0.1) is 0 Å². The van der Waals surface area contributed by atoms with E-state index in [0.717, 1.165) is 48.5 Å². The van der Waals surface area contributed by atoms with Gasteiger partial charge < -0.3 is 4.57 Å². The van der Waals surface area contributed by atoms with Crippen LogP contribution in [-0.4, -0.2) is 27.3 Å². The van der Waals surface area contributed by atoms with Crippen molar-refractivity contribution in [1.82, 2.24) is 9.47 Å². The summed E-state index contributed by atoms with van der Waals surface area (Å²) in [6, 6.07) is 15.5. The molecular formula is C31H24N2O3. The lowest BCUT2D eigenvalue weighted by Crippen LogP contribution is -2.44. The van der Waals surface area contributed by atoms with E-state index in [1.807, 2.05) is 70.2 Å². The maximum absolute atomic E-state index is 13.5. The first-order valence-corrected chi connectivity index (χ1v) is 12.3. The molecule has 0 unspecified atom stereocenters. The molecule has 0 atom stereocenters. The fourth-order valence-corrected chi connectivity index (χ4v) is 6.41. The minimum Gasteiger partial charge on any atom is -0.306 e. The molecule has 1 aliphatic rings. The van der Waals surface area contributed by atoms with Crippen LogP contribution >= 0.6 is 0 Å². The lowest BCUT2D eigenvalue weighted by molar-refractivity contribution is 0.0564. The number of rotatable bonds is 2. The van der Waals surface area contributed by atoms with Gasteiger partial charge in [0.2, 0.25) is 0 Å². The van der Waals surface area contributed by atoms with Gasteiger partial charge in [-0.05, 0) is 78.2 Å². The minimum absolute atomic E-state index is 0.00204. The molecule has 1 aliphatic heterocycles. The van der Waals surface area contributed by atoms with E-state index in [-0.39, 0.29) is 29.5 Å². The summed E-state index contributed by atoms with van der Waals surface area (Å²) in [5.41, 5.74) is 1.08. The molecule has 0 N–H and O–H groups in total. The summed E-state index contributed by atoms with van der Waals surface area (Å²) in [6.07, 6.45) is 0. The molecule has 0 saturated carbocycles. The van der Waals surface area contributed by atoms with Gasteiger partial charge in [0.1, 0.15) is 0 Å². The lowest BCUT2D eigenvalue weighted by Gasteiger charge is -2.31. The molecule has 5 heteroatoms. The van der Waals surface area contributed by atoms with Gasteiger partial charge >= 0.3 is 0 Å². The summed E-state index contributed by atoms with van der Waals surface area (Å²) in [6.45, 7) is 12.0. The summed E-state index contributed by atoms with van der Waals surface area (Å²) >= 11 is 0. The Bertz CT molecular complexity index is 1950. The Kier molecular flexibility index (Phi) is 3.92. The van der Waals surface area contributed by atoms with Crippen molar-refractivity contribution in [2.24, 2.45) is 0 Å². The van der Waals surface area contributed by atoms with Gasteiger partial charge in [0.05, 0.1) is 0 Å². The highest BCUT2D eigenvalue weighted by molar-refractivity contribution is 6.40. The summed E-state index contributed by atoms with van der Waals surface area (Å²) in [5, 5.41) is 9.92. The molecule has 5 nitrogen and oxygen atoms in total. The van der Waals surface area contributed by atoms with E-state index in [1.165, 1.54) is 4.90 Å². The third-order valence-corrected chi connectivity index (χ3v) is 7.88. The highest BCUT2D eigenvalue weighted by Crippen LogP contribution is 2.45. The number of hydrogen-bond donors (Lipinski definition) is 0. The van der Waals surface area contributed by atoms with Gasteiger partial charge in [-0.3, -0.25) is 19.3 Å². The van der Waals surface area contributed by atoms with Crippen LogP contribution in [0.2, 0.25) is 0 Å². The molecule has 176 valence electrons. The number of carbonyl (C=O) groups is 2. The van der Waals surface area contributed by atoms with Crippen LogP contribution < -0.4 is 10.9 Å². The highest BCUT2D eigenvalue weighted by Gasteiger charge is 2.35. The van der Waals surface area contributed by atoms with Crippen LogP contribution in [0.5, 0.6) is 0 Å². The average molecular weight is 473 g/mol. The summed E-state index contributed by atoms with van der Waals surface area (Å²) in [5.74, 6) is -0.504. The van der Waals surface area contributed by atoms with E-state index in [9.17, 15) is 14.4 Å². The first-order chi connectivity index (χ1) is 17.2. The molecule has 6 aromatic rings. The zero-order valence-electron chi connectivity index (χ0n) is 20.6. The van der Waals surface area contributed by atoms with E-state index in [0.29, 0.717) is 21.9 Å². The smallest absolute Gasteiger partial charge is 0.261 e. The fraction of sp³-hybridized carbons (Fsp3) is 0.194. The predicted octanol–water partition coefficient (Wildman–Crippen LogP) is 5.77. The van der Waals surface area contributed by atoms with Crippen molar-refractivity contribution in [2.45, 2.75) is 39.8 Å². The van der Waals surface area contributed by atoms with Crippen molar-refractivity contribution in [2.75, 3.05) is 0 Å². The van der Waals surface area contributed by atoms with Crippen LogP contribution in [0.1, 0.15) is 54.5 Å². The second-order valence-electron chi connectivity index (χ2n) is 10.4. The monoisotopic (exact) mass is 472 g/mol. The van der Waals surface area contributed by atoms with Crippen molar-refractivity contribution in [3.63, 3.8) is 0 Å². The lowest BCUT2D eigenvalue weighted by atomic mass is 9.83. The molecule has 0 spiro atoms. The Labute approximate surface area is 206 Å². The number of fused-ring (bicyclic) bond motifs is 2. The Morgan fingerprint density at radius 3 is 1.47 bits per heavy atom. The van der Waals surface area contributed by atoms with Crippen LogP contribution in [0.4, 0.5) is 0 Å². The molecule has 5 aromatic carbocycles. The molecule has 0 saturated heterocycles. The van der Waals surface area contributed by atoms with Crippen LogP contribution in [0.15, 0.2) is 53.3 Å². The van der Waals surface area contributed by atoms with Gasteiger partial charge in [0.15, 0.2) is 0 Å². The number of imide groups is 1. The topological polar surface area (TPSA) is 59.4 Å². The maximum atomic E-state index is 13.5. The van der Waals surface area contributed by atoms with Gasteiger partial charge in [0.25, 0.3) is 17.4 Å². The number of nitrogens with zero attached hydrogens (tertiary/aromatic N) is 2. The SMILES string of the molecule is C=c1c2ccc3c4ccc5c6c(ccc(c7ccc(c(=O)n1C(C)C)c2c37)c64)C(=O)N(C(C)C)C5=O. The van der Waals surface area contributed by atoms with Gasteiger partial charge in [-0.15, -0.1) is 0 Å². The van der Waals surface area contributed by atoms with E-state index < -0.39 is 0 Å². The molecule has 1 aromatic heterocycles. The van der Waals surface area contributed by atoms with Crippen molar-refractivity contribution in [3.05, 3.63) is 75.4 Å². The number of pyridine rings is 1. The standard InChI is InChI=1S/C31H24N2O3/c1-14(2)32-16(5)17-6-7-18-20-9-12-23-28-24(31(36)33(15(3)4)30(23)35)13-10-21(27(20)28)19-8-11-22(29(32)34)25(17)26(18)19/h6-15H,5H2,1-4H3. The first-order valence-electron chi connectivity index (χ1n) is 12.3. The quantitative estimate of drug-likeness (QED) is 0.183. The predicted molar refractivity (Wildman–Crippen MR) is 146 cm³/mol. The zero-order valence-corrected chi connectivity index (χ0v) is 20.6. The van der Waals surface area contributed by atoms with E-state index in [1.54, 1.807) is 4.57 Å². The molecule has 0 aliphatic carbocycles. The second-order valence-corrected chi connectivity index (χ2v) is 10.4. The third-order valence-electron chi connectivity index (χ3n) is 7.88. The van der Waals surface area contributed by atoms with E-state index in [2.05, 4.69) is 12.6 Å². The minimum atomic E-state index is -0.252. The van der Waals surface area contributed by atoms with Gasteiger partial charge in [-0.1, -0.05) is 36.9 Å². The molecule has 0 radical (unpaired) electrons. The Morgan fingerprint density at radius 1 is 0.556 bits per heavy atom. The fourth-order valence-electron chi connectivity index (χ4n) is 6.41. The number of hydrogen-bond acceptors (Lipinski definition) is 3. The maximum Gasteiger partial charge on any atom is 0.261 e. The van der Waals surface area contributed by atoms with Crippen molar-refractivity contribution >= 4 is 72.3 Å². The summed E-state index contributed by atoms with van der Waals surface area (Å²) < 4.78 is 1.76. The number of aromatic nitrogens is 1. The van der Waals surface area contributed by atoms with Crippen molar-refractivity contribution in [1.29, 1.82) is 0 Å². The van der Waals surface area contributed by atoms with Gasteiger partial charge in [-0.2, -0.15) is 0 Å². The van der Waals surface area contributed by atoms with Crippen molar-refractivity contribution < 1.29 is 9.59 Å². The Morgan fingerprint density at radius 2 is 0.972 bits per heavy atom. The molecule has 2 heterocycles. The molecule has 36 heavy (non-hydrogen) atoms. The average Bonchev–Trinajstić information content (AvgIpc) is 2.84. The first kappa shape index (κ1) is 21.1. The van der Waals surface area contributed by atoms with Crippen LogP contribution in [-0.2, 0) is 0 Å². The number of benzene rings is 5. The number of carbonyl (C=O) groups excluding carboxylic acids is 2. The van der Waals surface area contributed by atoms with E-state index >= 15 is 0 Å². The molecule has 0 bridgehead atoms. The molecule has 2 amide bonds. The Balaban J connectivity index is 1.73. The largest absolute Gasteiger partial charge is 0.306 e. The third kappa shape index (κ3) is 2.28.